The highest BCUT2D eigenvalue weighted by atomic mass is 19.4. The first-order valence-corrected chi connectivity index (χ1v) is 23.9. The lowest BCUT2D eigenvalue weighted by Gasteiger charge is -2.27. The van der Waals surface area contributed by atoms with Gasteiger partial charge in [-0.25, -0.2) is 4.98 Å². The van der Waals surface area contributed by atoms with Crippen LogP contribution in [0.1, 0.15) is 134 Å². The molecule has 0 aliphatic carbocycles. The Kier molecular flexibility index (Phi) is 11.8. The van der Waals surface area contributed by atoms with Gasteiger partial charge in [0.05, 0.1) is 28.0 Å². The van der Waals surface area contributed by atoms with Crippen LogP contribution in [0.25, 0.3) is 38.8 Å². The van der Waals surface area contributed by atoms with Crippen molar-refractivity contribution in [2.75, 3.05) is 16.5 Å². The van der Waals surface area contributed by atoms with Crippen molar-refractivity contribution in [3.63, 3.8) is 0 Å². The Morgan fingerprint density at radius 2 is 1.18 bits per heavy atom. The largest absolute Gasteiger partial charge is 0.457 e. The third kappa shape index (κ3) is 8.74. The normalized spacial score (nSPS) is 13.5. The van der Waals surface area contributed by atoms with Crippen molar-refractivity contribution >= 4 is 44.6 Å². The Bertz CT molecular complexity index is 3170. The van der Waals surface area contributed by atoms with Gasteiger partial charge in [-0.15, -0.1) is 0 Å². The van der Waals surface area contributed by atoms with E-state index in [2.05, 4.69) is 184 Å². The smallest absolute Gasteiger partial charge is 0.416 e. The third-order valence-corrected chi connectivity index (χ3v) is 13.5. The molecule has 0 saturated carbocycles. The highest BCUT2D eigenvalue weighted by Gasteiger charge is 2.33. The van der Waals surface area contributed by atoms with E-state index >= 15 is 0 Å². The van der Waals surface area contributed by atoms with Gasteiger partial charge < -0.3 is 14.5 Å². The molecular formula is C60H63F3N4O. The number of hydrogen-bond donors (Lipinski definition) is 0. The van der Waals surface area contributed by atoms with Crippen LogP contribution in [0.4, 0.5) is 35.9 Å². The SMILES string of the molecule is CC(C)c1cc(C(C)C)c(-c2ccnc(-n3c4ccc(C(F)(F)F)cc4c4ccc(Oc5cc(N6CN(c7cccc(C(C)(C)C)c7)c7ccccc76)cc(C(C)(C)C)c5)cc43)c2)c(C(C)C)c1. The molecule has 0 amide bonds. The number of rotatable bonds is 9. The first-order valence-electron chi connectivity index (χ1n) is 23.9. The van der Waals surface area contributed by atoms with E-state index in [0.717, 1.165) is 39.9 Å². The second-order valence-electron chi connectivity index (χ2n) is 21.5. The van der Waals surface area contributed by atoms with E-state index in [-0.39, 0.29) is 22.7 Å². The van der Waals surface area contributed by atoms with Crippen LogP contribution in [0.2, 0.25) is 0 Å². The molecule has 0 bridgehead atoms. The van der Waals surface area contributed by atoms with Crippen molar-refractivity contribution in [2.45, 2.75) is 118 Å². The Balaban J connectivity index is 1.17. The molecule has 0 saturated heterocycles. The van der Waals surface area contributed by atoms with Crippen LogP contribution in [-0.2, 0) is 17.0 Å². The summed E-state index contributed by atoms with van der Waals surface area (Å²) >= 11 is 0. The molecule has 0 atom stereocenters. The van der Waals surface area contributed by atoms with Gasteiger partial charge in [-0.2, -0.15) is 13.2 Å². The predicted molar refractivity (Wildman–Crippen MR) is 277 cm³/mol. The maximum atomic E-state index is 14.3. The van der Waals surface area contributed by atoms with E-state index in [1.807, 2.05) is 29.0 Å². The number of aromatic nitrogens is 2. The first-order chi connectivity index (χ1) is 32.1. The van der Waals surface area contributed by atoms with Gasteiger partial charge in [0.15, 0.2) is 0 Å². The average molecular weight is 913 g/mol. The molecule has 8 aromatic rings. The van der Waals surface area contributed by atoms with Crippen molar-refractivity contribution in [3.05, 3.63) is 167 Å². The lowest BCUT2D eigenvalue weighted by molar-refractivity contribution is -0.137. The number of hydrogen-bond acceptors (Lipinski definition) is 4. The molecule has 9 rings (SSSR count). The molecule has 0 fully saturated rings. The molecule has 0 N–H and O–H groups in total. The molecule has 0 unspecified atom stereocenters. The monoisotopic (exact) mass is 912 g/mol. The molecule has 350 valence electrons. The highest BCUT2D eigenvalue weighted by Crippen LogP contribution is 2.47. The summed E-state index contributed by atoms with van der Waals surface area (Å²) in [5.74, 6) is 2.71. The van der Waals surface area contributed by atoms with E-state index in [4.69, 9.17) is 9.72 Å². The van der Waals surface area contributed by atoms with Crippen LogP contribution in [0.3, 0.4) is 0 Å². The Morgan fingerprint density at radius 3 is 1.79 bits per heavy atom. The lowest BCUT2D eigenvalue weighted by Crippen LogP contribution is -2.25. The average Bonchev–Trinajstić information content (AvgIpc) is 3.83. The molecule has 6 aromatic carbocycles. The summed E-state index contributed by atoms with van der Waals surface area (Å²) in [5.41, 5.74) is 13.2. The van der Waals surface area contributed by atoms with Gasteiger partial charge in [-0.1, -0.05) is 119 Å². The van der Waals surface area contributed by atoms with Gasteiger partial charge in [-0.3, -0.25) is 4.57 Å². The van der Waals surface area contributed by atoms with E-state index in [1.165, 1.54) is 33.9 Å². The van der Waals surface area contributed by atoms with Crippen LogP contribution in [-0.4, -0.2) is 16.2 Å². The van der Waals surface area contributed by atoms with E-state index in [0.29, 0.717) is 51.7 Å². The number of halogens is 3. The van der Waals surface area contributed by atoms with Gasteiger partial charge in [0.1, 0.15) is 24.0 Å². The van der Waals surface area contributed by atoms with Gasteiger partial charge in [0.25, 0.3) is 0 Å². The molecule has 3 heterocycles. The number of anilines is 4. The van der Waals surface area contributed by atoms with E-state index in [9.17, 15) is 13.2 Å². The molecule has 0 spiro atoms. The van der Waals surface area contributed by atoms with Crippen LogP contribution in [0, 0.1) is 0 Å². The van der Waals surface area contributed by atoms with Gasteiger partial charge in [0.2, 0.25) is 0 Å². The van der Waals surface area contributed by atoms with Crippen molar-refractivity contribution in [1.82, 2.24) is 9.55 Å². The fourth-order valence-corrected chi connectivity index (χ4v) is 9.64. The molecule has 2 aromatic heterocycles. The van der Waals surface area contributed by atoms with Crippen molar-refractivity contribution < 1.29 is 17.9 Å². The summed E-state index contributed by atoms with van der Waals surface area (Å²) < 4.78 is 51.9. The second kappa shape index (κ2) is 17.2. The molecule has 5 nitrogen and oxygen atoms in total. The summed E-state index contributed by atoms with van der Waals surface area (Å²) in [6.07, 6.45) is -2.69. The molecule has 1 aliphatic rings. The summed E-state index contributed by atoms with van der Waals surface area (Å²) in [7, 11) is 0. The second-order valence-corrected chi connectivity index (χ2v) is 21.5. The third-order valence-electron chi connectivity index (χ3n) is 13.5. The Morgan fingerprint density at radius 1 is 0.529 bits per heavy atom. The minimum atomic E-state index is -4.51. The van der Waals surface area contributed by atoms with Crippen molar-refractivity contribution in [1.29, 1.82) is 0 Å². The van der Waals surface area contributed by atoms with Crippen LogP contribution in [0.15, 0.2) is 134 Å². The topological polar surface area (TPSA) is 33.5 Å². The summed E-state index contributed by atoms with van der Waals surface area (Å²) in [6.45, 7) is 27.3. The molecule has 8 heteroatoms. The number of benzene rings is 6. The maximum absolute atomic E-state index is 14.3. The molecule has 68 heavy (non-hydrogen) atoms. The van der Waals surface area contributed by atoms with Crippen molar-refractivity contribution in [3.8, 4) is 28.4 Å². The van der Waals surface area contributed by atoms with E-state index < -0.39 is 11.7 Å². The van der Waals surface area contributed by atoms with E-state index in [1.54, 1.807) is 6.07 Å². The summed E-state index contributed by atoms with van der Waals surface area (Å²) in [5, 5.41) is 1.16. The zero-order chi connectivity index (χ0) is 48.6. The van der Waals surface area contributed by atoms with Crippen LogP contribution >= 0.6 is 0 Å². The van der Waals surface area contributed by atoms with Gasteiger partial charge in [-0.05, 0) is 146 Å². The summed E-state index contributed by atoms with van der Waals surface area (Å²) in [4.78, 5) is 9.64. The zero-order valence-corrected chi connectivity index (χ0v) is 41.5. The minimum Gasteiger partial charge on any atom is -0.457 e. The van der Waals surface area contributed by atoms with Crippen molar-refractivity contribution in [2.24, 2.45) is 0 Å². The molecule has 0 radical (unpaired) electrons. The standard InChI is InChI=1S/C60H63F3N4O/c1-36(2)40-26-49(37(3)4)57(50(27-40)38(5)6)39-24-25-64-56(28-39)67-52-23-20-42(60(61,62)63)32-51(52)48-22-21-46(34-55(48)67)68-47-31-43(59(10,11)12)30-45(33-47)66-35-65(53-18-13-14-19-54(53)66)44-17-15-16-41(29-44)58(7,8)9/h13-34,36-38H,35H2,1-12H3. The fraction of sp³-hybridized carbons (Fsp3) is 0.317. The zero-order valence-electron chi connectivity index (χ0n) is 41.5. The van der Waals surface area contributed by atoms with Crippen LogP contribution < -0.4 is 14.5 Å². The maximum Gasteiger partial charge on any atom is 0.416 e. The first kappa shape index (κ1) is 46.6. The highest BCUT2D eigenvalue weighted by molar-refractivity contribution is 6.10. The quantitative estimate of drug-likeness (QED) is 0.144. The Hall–Kier alpha value is -6.54. The number of pyridine rings is 1. The number of alkyl halides is 3. The lowest BCUT2D eigenvalue weighted by atomic mass is 9.82. The van der Waals surface area contributed by atoms with Gasteiger partial charge >= 0.3 is 6.18 Å². The van der Waals surface area contributed by atoms with Crippen LogP contribution in [0.5, 0.6) is 11.5 Å². The number of para-hydroxylation sites is 2. The Labute approximate surface area is 400 Å². The minimum absolute atomic E-state index is 0.00127. The predicted octanol–water partition coefficient (Wildman–Crippen LogP) is 17.9. The fourth-order valence-electron chi connectivity index (χ4n) is 9.64. The summed E-state index contributed by atoms with van der Waals surface area (Å²) in [6, 6.07) is 42.2. The molecule has 1 aliphatic heterocycles. The molecular weight excluding hydrogens is 850 g/mol. The number of ether oxygens (including phenoxy) is 1. The number of fused-ring (bicyclic) bond motifs is 4. The van der Waals surface area contributed by atoms with Gasteiger partial charge in [0, 0.05) is 40.5 Å². The number of nitrogens with zero attached hydrogens (tertiary/aromatic N) is 4.